The first-order valence-electron chi connectivity index (χ1n) is 12.7. The number of hydrogen-bond acceptors (Lipinski definition) is 8. The van der Waals surface area contributed by atoms with E-state index in [1.807, 2.05) is 12.1 Å². The monoisotopic (exact) mass is 485 g/mol. The van der Waals surface area contributed by atoms with Gasteiger partial charge in [-0.05, 0) is 49.7 Å². The predicted octanol–water partition coefficient (Wildman–Crippen LogP) is 4.07. The fourth-order valence-corrected chi connectivity index (χ4v) is 6.34. The number of anilines is 4. The number of amides is 1. The lowest BCUT2D eigenvalue weighted by Gasteiger charge is -2.27. The van der Waals surface area contributed by atoms with Gasteiger partial charge in [0, 0.05) is 25.2 Å². The molecule has 10 heteroatoms. The molecule has 10 nitrogen and oxygen atoms in total. The van der Waals surface area contributed by atoms with Crippen LogP contribution in [0.15, 0.2) is 18.3 Å². The quantitative estimate of drug-likeness (QED) is 0.493. The summed E-state index contributed by atoms with van der Waals surface area (Å²) < 4.78 is 12.0. The van der Waals surface area contributed by atoms with E-state index in [1.165, 1.54) is 19.3 Å². The summed E-state index contributed by atoms with van der Waals surface area (Å²) in [6.07, 6.45) is 8.02. The summed E-state index contributed by atoms with van der Waals surface area (Å²) in [4.78, 5) is 26.7. The molecule has 1 aromatic carbocycles. The van der Waals surface area contributed by atoms with Crippen LogP contribution in [0.25, 0.3) is 11.0 Å². The number of fused-ring (bicyclic) bond motifs is 4. The summed E-state index contributed by atoms with van der Waals surface area (Å²) in [7, 11) is 0. The highest BCUT2D eigenvalue weighted by molar-refractivity contribution is 5.98. The van der Waals surface area contributed by atoms with E-state index in [-0.39, 0.29) is 5.91 Å². The van der Waals surface area contributed by atoms with Crippen molar-refractivity contribution in [2.45, 2.75) is 44.6 Å². The third kappa shape index (κ3) is 3.41. The zero-order valence-corrected chi connectivity index (χ0v) is 19.8. The second-order valence-corrected chi connectivity index (χ2v) is 10.1. The molecule has 3 atom stereocenters. The number of carbonyl (C=O) groups is 1. The van der Waals surface area contributed by atoms with Gasteiger partial charge in [-0.3, -0.25) is 4.79 Å². The SMILES string of the molecule is N#Cc1c[nH]c2nc(Nc3ccc(N4CCCC4=O)c4c3OCCO4)nc(NC3C[C@H]4CC[C@@H]3C4)c12. The van der Waals surface area contributed by atoms with Crippen LogP contribution in [-0.4, -0.2) is 46.7 Å². The number of ether oxygens (including phenoxy) is 2. The molecule has 4 heterocycles. The van der Waals surface area contributed by atoms with Crippen LogP contribution in [0.2, 0.25) is 0 Å². The Morgan fingerprint density at radius 1 is 1.14 bits per heavy atom. The van der Waals surface area contributed by atoms with Gasteiger partial charge in [0.1, 0.15) is 30.7 Å². The van der Waals surface area contributed by atoms with Crippen molar-refractivity contribution in [2.75, 3.05) is 35.3 Å². The Morgan fingerprint density at radius 3 is 2.78 bits per heavy atom. The number of benzene rings is 1. The maximum Gasteiger partial charge on any atom is 0.231 e. The molecular weight excluding hydrogens is 458 g/mol. The minimum atomic E-state index is 0.0947. The van der Waals surface area contributed by atoms with Gasteiger partial charge in [-0.15, -0.1) is 0 Å². The molecule has 0 spiro atoms. The predicted molar refractivity (Wildman–Crippen MR) is 134 cm³/mol. The number of nitrogens with zero attached hydrogens (tertiary/aromatic N) is 4. The second kappa shape index (κ2) is 8.29. The van der Waals surface area contributed by atoms with Crippen molar-refractivity contribution in [3.05, 3.63) is 23.9 Å². The van der Waals surface area contributed by atoms with Gasteiger partial charge in [0.05, 0.1) is 22.3 Å². The van der Waals surface area contributed by atoms with Gasteiger partial charge in [0.15, 0.2) is 11.5 Å². The average molecular weight is 486 g/mol. The van der Waals surface area contributed by atoms with Crippen molar-refractivity contribution >= 4 is 40.1 Å². The number of aromatic nitrogens is 3. The zero-order chi connectivity index (χ0) is 24.2. The molecule has 2 aliphatic heterocycles. The highest BCUT2D eigenvalue weighted by Crippen LogP contribution is 2.48. The lowest BCUT2D eigenvalue weighted by atomic mass is 9.95. The van der Waals surface area contributed by atoms with Crippen molar-refractivity contribution in [1.82, 2.24) is 15.0 Å². The highest BCUT2D eigenvalue weighted by atomic mass is 16.6. The molecule has 184 valence electrons. The standard InChI is InChI=1S/C26H27N7O3/c27-12-16-13-28-24-21(16)25(29-18-11-14-3-4-15(18)10-14)32-26(31-24)30-17-5-6-19(33-7-1-2-20(33)34)23-22(17)35-8-9-36-23/h5-6,13-15,18H,1-4,7-11H2,(H3,28,29,30,31,32)/t14-,15+,18?/m0/s1. The maximum atomic E-state index is 12.4. The molecule has 2 aromatic heterocycles. The number of nitrogens with one attached hydrogen (secondary N) is 3. The number of rotatable bonds is 5. The van der Waals surface area contributed by atoms with E-state index in [1.54, 1.807) is 11.1 Å². The van der Waals surface area contributed by atoms with Crippen LogP contribution in [0.4, 0.5) is 23.1 Å². The molecule has 36 heavy (non-hydrogen) atoms. The fourth-order valence-electron chi connectivity index (χ4n) is 6.34. The van der Waals surface area contributed by atoms with Crippen LogP contribution in [0.5, 0.6) is 11.5 Å². The van der Waals surface area contributed by atoms with E-state index in [4.69, 9.17) is 14.5 Å². The molecule has 2 bridgehead atoms. The molecule has 0 radical (unpaired) electrons. The summed E-state index contributed by atoms with van der Waals surface area (Å²) in [6, 6.07) is 6.37. The molecule has 7 rings (SSSR count). The molecule has 3 aromatic rings. The number of carbonyl (C=O) groups excluding carboxylic acids is 1. The van der Waals surface area contributed by atoms with Gasteiger partial charge in [-0.2, -0.15) is 15.2 Å². The van der Waals surface area contributed by atoms with Gasteiger partial charge >= 0.3 is 0 Å². The van der Waals surface area contributed by atoms with Crippen molar-refractivity contribution in [2.24, 2.45) is 11.8 Å². The smallest absolute Gasteiger partial charge is 0.231 e. The van der Waals surface area contributed by atoms with Crippen LogP contribution < -0.4 is 25.0 Å². The number of H-pyrrole nitrogens is 1. The Kier molecular flexibility index (Phi) is 4.91. The highest BCUT2D eigenvalue weighted by Gasteiger charge is 2.40. The first kappa shape index (κ1) is 21.3. The summed E-state index contributed by atoms with van der Waals surface area (Å²) in [6.45, 7) is 1.51. The molecule has 3 fully saturated rings. The Labute approximate surface area is 208 Å². The van der Waals surface area contributed by atoms with Crippen molar-refractivity contribution in [3.63, 3.8) is 0 Å². The topological polar surface area (TPSA) is 128 Å². The summed E-state index contributed by atoms with van der Waals surface area (Å²) in [5, 5.41) is 17.3. The average Bonchev–Trinajstić information content (AvgIpc) is 3.69. The van der Waals surface area contributed by atoms with Gasteiger partial charge in [-0.1, -0.05) is 6.42 Å². The van der Waals surface area contributed by atoms with E-state index in [0.29, 0.717) is 78.3 Å². The number of aromatic amines is 1. The summed E-state index contributed by atoms with van der Waals surface area (Å²) in [5.74, 6) is 3.71. The Balaban J connectivity index is 1.25. The Hall–Kier alpha value is -4.00. The van der Waals surface area contributed by atoms with E-state index >= 15 is 0 Å². The molecular formula is C26H27N7O3. The van der Waals surface area contributed by atoms with Crippen LogP contribution >= 0.6 is 0 Å². The van der Waals surface area contributed by atoms with Crippen LogP contribution in [-0.2, 0) is 4.79 Å². The van der Waals surface area contributed by atoms with E-state index in [0.717, 1.165) is 29.8 Å². The largest absolute Gasteiger partial charge is 0.484 e. The van der Waals surface area contributed by atoms with Crippen molar-refractivity contribution in [3.8, 4) is 17.6 Å². The molecule has 1 saturated heterocycles. The maximum absolute atomic E-state index is 12.4. The number of hydrogen-bond donors (Lipinski definition) is 3. The van der Waals surface area contributed by atoms with Gasteiger partial charge < -0.3 is 30.0 Å². The van der Waals surface area contributed by atoms with E-state index in [9.17, 15) is 10.1 Å². The first-order valence-corrected chi connectivity index (χ1v) is 12.7. The minimum absolute atomic E-state index is 0.0947. The van der Waals surface area contributed by atoms with Crippen LogP contribution in [0, 0.1) is 23.2 Å². The lowest BCUT2D eigenvalue weighted by Crippen LogP contribution is -2.27. The lowest BCUT2D eigenvalue weighted by molar-refractivity contribution is -0.117. The molecule has 1 amide bonds. The third-order valence-electron chi connectivity index (χ3n) is 7.99. The van der Waals surface area contributed by atoms with Crippen LogP contribution in [0.1, 0.15) is 44.1 Å². The van der Waals surface area contributed by atoms with Crippen LogP contribution in [0.3, 0.4) is 0 Å². The van der Waals surface area contributed by atoms with Gasteiger partial charge in [0.25, 0.3) is 0 Å². The van der Waals surface area contributed by atoms with Gasteiger partial charge in [-0.25, -0.2) is 0 Å². The fraction of sp³-hybridized carbons (Fsp3) is 0.462. The van der Waals surface area contributed by atoms with Gasteiger partial charge in [0.2, 0.25) is 11.9 Å². The van der Waals surface area contributed by atoms with Crippen molar-refractivity contribution < 1.29 is 14.3 Å². The normalized spacial score (nSPS) is 24.4. The summed E-state index contributed by atoms with van der Waals surface area (Å²) >= 11 is 0. The summed E-state index contributed by atoms with van der Waals surface area (Å²) in [5.41, 5.74) is 2.52. The number of nitriles is 1. The molecule has 3 N–H and O–H groups in total. The minimum Gasteiger partial charge on any atom is -0.484 e. The molecule has 1 unspecified atom stereocenters. The van der Waals surface area contributed by atoms with E-state index < -0.39 is 0 Å². The van der Waals surface area contributed by atoms with Crippen molar-refractivity contribution in [1.29, 1.82) is 5.26 Å². The Bertz CT molecular complexity index is 1410. The zero-order valence-electron chi connectivity index (χ0n) is 19.8. The molecule has 2 saturated carbocycles. The molecule has 4 aliphatic rings. The molecule has 2 aliphatic carbocycles. The Morgan fingerprint density at radius 2 is 2.03 bits per heavy atom. The second-order valence-electron chi connectivity index (χ2n) is 10.1. The first-order chi connectivity index (χ1) is 17.7. The third-order valence-corrected chi connectivity index (χ3v) is 7.99. The van der Waals surface area contributed by atoms with E-state index in [2.05, 4.69) is 26.7 Å².